The first-order chi connectivity index (χ1) is 7.74. The van der Waals surface area contributed by atoms with Gasteiger partial charge in [0.1, 0.15) is 11.7 Å². The molecule has 2 aromatic heterocycles. The van der Waals surface area contributed by atoms with E-state index in [1.165, 1.54) is 6.20 Å². The molecule has 2 heterocycles. The van der Waals surface area contributed by atoms with E-state index in [2.05, 4.69) is 15.2 Å². The number of aromatic nitrogens is 4. The predicted octanol–water partition coefficient (Wildman–Crippen LogP) is 0.509. The summed E-state index contributed by atoms with van der Waals surface area (Å²) >= 11 is 0. The molecule has 2 rings (SSSR count). The Bertz CT molecular complexity index is 516. The highest BCUT2D eigenvalue weighted by Gasteiger charge is 2.11. The van der Waals surface area contributed by atoms with Crippen molar-refractivity contribution in [3.8, 4) is 5.82 Å². The van der Waals surface area contributed by atoms with Crippen LogP contribution < -0.4 is 5.73 Å². The first-order valence-corrected chi connectivity index (χ1v) is 4.92. The maximum atomic E-state index is 7.48. The topological polar surface area (TPSA) is 93.5 Å². The lowest BCUT2D eigenvalue weighted by Crippen LogP contribution is -2.17. The van der Waals surface area contributed by atoms with E-state index in [-0.39, 0.29) is 5.84 Å². The van der Waals surface area contributed by atoms with Crippen molar-refractivity contribution in [1.82, 2.24) is 19.7 Å². The first-order valence-electron chi connectivity index (χ1n) is 4.92. The smallest absolute Gasteiger partial charge is 0.171 e. The van der Waals surface area contributed by atoms with E-state index in [9.17, 15) is 0 Å². The number of nitrogens with zero attached hydrogens (tertiary/aromatic N) is 4. The highest BCUT2D eigenvalue weighted by atomic mass is 15.2. The van der Waals surface area contributed by atoms with Crippen molar-refractivity contribution in [1.29, 1.82) is 5.41 Å². The SMILES string of the molecule is CCc1nccn1-c1nnccc1C(=N)N. The van der Waals surface area contributed by atoms with Gasteiger partial charge in [0.15, 0.2) is 5.82 Å². The summed E-state index contributed by atoms with van der Waals surface area (Å²) < 4.78 is 1.80. The van der Waals surface area contributed by atoms with Gasteiger partial charge in [-0.1, -0.05) is 6.92 Å². The molecule has 6 heteroatoms. The number of nitrogen functional groups attached to an aromatic ring is 1. The number of imidazole rings is 1. The van der Waals surface area contributed by atoms with E-state index in [4.69, 9.17) is 11.1 Å². The lowest BCUT2D eigenvalue weighted by Gasteiger charge is -2.08. The van der Waals surface area contributed by atoms with Gasteiger partial charge in [-0.2, -0.15) is 5.10 Å². The molecule has 0 aliphatic rings. The summed E-state index contributed by atoms with van der Waals surface area (Å²) in [5, 5.41) is 15.3. The minimum atomic E-state index is -0.0272. The zero-order valence-electron chi connectivity index (χ0n) is 8.88. The van der Waals surface area contributed by atoms with Crippen LogP contribution in [0.2, 0.25) is 0 Å². The normalized spacial score (nSPS) is 10.3. The number of amidine groups is 1. The summed E-state index contributed by atoms with van der Waals surface area (Å²) in [7, 11) is 0. The van der Waals surface area contributed by atoms with Crippen LogP contribution in [0.4, 0.5) is 0 Å². The second-order valence-corrected chi connectivity index (χ2v) is 3.25. The second-order valence-electron chi connectivity index (χ2n) is 3.25. The van der Waals surface area contributed by atoms with Gasteiger partial charge in [-0.15, -0.1) is 5.10 Å². The molecule has 0 aliphatic heterocycles. The standard InChI is InChI=1S/C10H12N6/c1-2-8-13-5-6-16(8)10-7(9(11)12)3-4-14-15-10/h3-6H,2H2,1H3,(H3,11,12). The molecule has 0 saturated heterocycles. The Kier molecular flexibility index (Phi) is 2.63. The van der Waals surface area contributed by atoms with Gasteiger partial charge in [-0.25, -0.2) is 4.98 Å². The van der Waals surface area contributed by atoms with Crippen LogP contribution >= 0.6 is 0 Å². The number of aryl methyl sites for hydroxylation is 1. The van der Waals surface area contributed by atoms with Gasteiger partial charge in [-0.05, 0) is 6.07 Å². The third-order valence-electron chi connectivity index (χ3n) is 2.25. The van der Waals surface area contributed by atoms with Gasteiger partial charge in [0.05, 0.1) is 11.8 Å². The van der Waals surface area contributed by atoms with Crippen LogP contribution in [0.15, 0.2) is 24.7 Å². The molecule has 0 amide bonds. The Hall–Kier alpha value is -2.24. The molecule has 0 saturated carbocycles. The van der Waals surface area contributed by atoms with Crippen LogP contribution in [0.1, 0.15) is 18.3 Å². The van der Waals surface area contributed by atoms with Crippen LogP contribution in [0.3, 0.4) is 0 Å². The lowest BCUT2D eigenvalue weighted by molar-refractivity contribution is 0.835. The van der Waals surface area contributed by atoms with E-state index >= 15 is 0 Å². The zero-order valence-corrected chi connectivity index (χ0v) is 8.88. The largest absolute Gasteiger partial charge is 0.384 e. The first kappa shape index (κ1) is 10.3. The van der Waals surface area contributed by atoms with Crippen molar-refractivity contribution < 1.29 is 0 Å². The molecule has 16 heavy (non-hydrogen) atoms. The van der Waals surface area contributed by atoms with Crippen LogP contribution in [0, 0.1) is 5.41 Å². The Balaban J connectivity index is 2.60. The van der Waals surface area contributed by atoms with E-state index in [0.29, 0.717) is 11.4 Å². The predicted molar refractivity (Wildman–Crippen MR) is 59.5 cm³/mol. The number of rotatable bonds is 3. The molecule has 2 aromatic rings. The van der Waals surface area contributed by atoms with Crippen molar-refractivity contribution in [3.05, 3.63) is 36.0 Å². The molecule has 0 unspecified atom stereocenters. The molecule has 0 fully saturated rings. The fourth-order valence-corrected chi connectivity index (χ4v) is 1.50. The second kappa shape index (κ2) is 4.09. The van der Waals surface area contributed by atoms with Crippen LogP contribution in [-0.2, 0) is 6.42 Å². The maximum absolute atomic E-state index is 7.48. The highest BCUT2D eigenvalue weighted by molar-refractivity contribution is 5.97. The van der Waals surface area contributed by atoms with Crippen molar-refractivity contribution in [3.63, 3.8) is 0 Å². The quantitative estimate of drug-likeness (QED) is 0.577. The van der Waals surface area contributed by atoms with Crippen LogP contribution in [0.25, 0.3) is 5.82 Å². The third-order valence-corrected chi connectivity index (χ3v) is 2.25. The maximum Gasteiger partial charge on any atom is 0.171 e. The fourth-order valence-electron chi connectivity index (χ4n) is 1.50. The Labute approximate surface area is 92.7 Å². The van der Waals surface area contributed by atoms with Gasteiger partial charge in [0.25, 0.3) is 0 Å². The Morgan fingerprint density at radius 1 is 1.50 bits per heavy atom. The minimum Gasteiger partial charge on any atom is -0.384 e. The fraction of sp³-hybridized carbons (Fsp3) is 0.200. The minimum absolute atomic E-state index is 0.0272. The Morgan fingerprint density at radius 3 is 3.00 bits per heavy atom. The molecule has 6 nitrogen and oxygen atoms in total. The molecule has 3 N–H and O–H groups in total. The molecular formula is C10H12N6. The van der Waals surface area contributed by atoms with E-state index < -0.39 is 0 Å². The van der Waals surface area contributed by atoms with Gasteiger partial charge in [0, 0.05) is 18.8 Å². The van der Waals surface area contributed by atoms with Crippen molar-refractivity contribution in [2.75, 3.05) is 0 Å². The molecule has 0 aliphatic carbocycles. The highest BCUT2D eigenvalue weighted by Crippen LogP contribution is 2.12. The van der Waals surface area contributed by atoms with Crippen LogP contribution in [0.5, 0.6) is 0 Å². The molecule has 0 radical (unpaired) electrons. The van der Waals surface area contributed by atoms with Gasteiger partial charge in [-0.3, -0.25) is 9.98 Å². The van der Waals surface area contributed by atoms with Gasteiger partial charge >= 0.3 is 0 Å². The molecule has 82 valence electrons. The average Bonchev–Trinajstić information content (AvgIpc) is 2.76. The van der Waals surface area contributed by atoms with Crippen molar-refractivity contribution in [2.24, 2.45) is 5.73 Å². The molecule has 0 bridgehead atoms. The van der Waals surface area contributed by atoms with E-state index in [1.807, 2.05) is 6.92 Å². The van der Waals surface area contributed by atoms with Crippen molar-refractivity contribution >= 4 is 5.84 Å². The summed E-state index contributed by atoms with van der Waals surface area (Å²) in [5.41, 5.74) is 6.05. The van der Waals surface area contributed by atoms with Gasteiger partial charge in [0.2, 0.25) is 0 Å². The average molecular weight is 216 g/mol. The van der Waals surface area contributed by atoms with Crippen molar-refractivity contribution in [2.45, 2.75) is 13.3 Å². The number of nitrogens with two attached hydrogens (primary N) is 1. The lowest BCUT2D eigenvalue weighted by atomic mass is 10.2. The zero-order chi connectivity index (χ0) is 11.5. The molecular weight excluding hydrogens is 204 g/mol. The summed E-state index contributed by atoms with van der Waals surface area (Å²) in [6.07, 6.45) is 5.77. The van der Waals surface area contributed by atoms with E-state index in [0.717, 1.165) is 12.2 Å². The summed E-state index contributed by atoms with van der Waals surface area (Å²) in [6, 6.07) is 1.67. The Morgan fingerprint density at radius 2 is 2.31 bits per heavy atom. The molecule has 0 aromatic carbocycles. The van der Waals surface area contributed by atoms with Crippen LogP contribution in [-0.4, -0.2) is 25.6 Å². The summed E-state index contributed by atoms with van der Waals surface area (Å²) in [4.78, 5) is 4.20. The molecule has 0 atom stereocenters. The number of hydrogen-bond donors (Lipinski definition) is 2. The number of hydrogen-bond acceptors (Lipinski definition) is 4. The summed E-state index contributed by atoms with van der Waals surface area (Å²) in [6.45, 7) is 2.00. The van der Waals surface area contributed by atoms with Gasteiger partial charge < -0.3 is 5.73 Å². The molecule has 0 spiro atoms. The monoisotopic (exact) mass is 216 g/mol. The number of nitrogens with one attached hydrogen (secondary N) is 1. The third kappa shape index (κ3) is 1.65. The van der Waals surface area contributed by atoms with E-state index in [1.54, 1.807) is 23.0 Å². The summed E-state index contributed by atoms with van der Waals surface area (Å²) in [5.74, 6) is 1.38.